The lowest BCUT2D eigenvalue weighted by Gasteiger charge is -2.30. The molecule has 2 aliphatic rings. The molecular weight excluding hydrogens is 434 g/mol. The maximum absolute atomic E-state index is 12.8. The average Bonchev–Trinajstić information content (AvgIpc) is 3.31. The van der Waals surface area contributed by atoms with Crippen molar-refractivity contribution < 1.29 is 13.2 Å². The maximum atomic E-state index is 12.8. The molecule has 0 atom stereocenters. The van der Waals surface area contributed by atoms with Crippen LogP contribution in [0.4, 0.5) is 11.4 Å². The summed E-state index contributed by atoms with van der Waals surface area (Å²) in [5.74, 6) is -0.352. The van der Waals surface area contributed by atoms with Crippen molar-refractivity contribution in [1.29, 1.82) is 0 Å². The summed E-state index contributed by atoms with van der Waals surface area (Å²) in [6.45, 7) is 2.87. The van der Waals surface area contributed by atoms with Crippen molar-refractivity contribution in [2.75, 3.05) is 36.4 Å². The third-order valence-electron chi connectivity index (χ3n) is 6.12. The van der Waals surface area contributed by atoms with Gasteiger partial charge in [-0.3, -0.25) is 4.79 Å². The van der Waals surface area contributed by atoms with Crippen LogP contribution in [0.2, 0.25) is 5.02 Å². The standard InChI is InChI=1S/C23H28ClN3O3S/c24-22-6-2-1-5-19(22)17-31(29,30)27-15-11-18(12-16-27)23(28)25-20-7-9-21(10-8-20)26-13-3-4-14-26/h1-2,5-10,18H,3-4,11-17H2,(H,25,28). The van der Waals surface area contributed by atoms with Gasteiger partial charge >= 0.3 is 0 Å². The molecule has 2 saturated heterocycles. The molecule has 31 heavy (non-hydrogen) atoms. The molecule has 0 aromatic heterocycles. The van der Waals surface area contributed by atoms with Gasteiger partial charge in [-0.15, -0.1) is 0 Å². The van der Waals surface area contributed by atoms with Gasteiger partial charge in [0.05, 0.1) is 5.75 Å². The van der Waals surface area contributed by atoms with Crippen molar-refractivity contribution in [3.63, 3.8) is 0 Å². The van der Waals surface area contributed by atoms with Crippen molar-refractivity contribution in [1.82, 2.24) is 4.31 Å². The summed E-state index contributed by atoms with van der Waals surface area (Å²) >= 11 is 6.12. The lowest BCUT2D eigenvalue weighted by molar-refractivity contribution is -0.120. The predicted molar refractivity (Wildman–Crippen MR) is 125 cm³/mol. The zero-order chi connectivity index (χ0) is 21.8. The van der Waals surface area contributed by atoms with E-state index in [2.05, 4.69) is 10.2 Å². The molecule has 2 fully saturated rings. The number of rotatable bonds is 6. The fraction of sp³-hybridized carbons (Fsp3) is 0.435. The number of amides is 1. The zero-order valence-corrected chi connectivity index (χ0v) is 19.0. The molecule has 166 valence electrons. The number of piperidine rings is 1. The zero-order valence-electron chi connectivity index (χ0n) is 17.5. The molecule has 4 rings (SSSR count). The van der Waals surface area contributed by atoms with Gasteiger partial charge in [0.15, 0.2) is 0 Å². The quantitative estimate of drug-likeness (QED) is 0.702. The number of nitrogens with one attached hydrogen (secondary N) is 1. The van der Waals surface area contributed by atoms with Gasteiger partial charge in [0.1, 0.15) is 0 Å². The third kappa shape index (κ3) is 5.40. The summed E-state index contributed by atoms with van der Waals surface area (Å²) in [5.41, 5.74) is 2.57. The Hall–Kier alpha value is -2.09. The van der Waals surface area contributed by atoms with Gasteiger partial charge in [-0.1, -0.05) is 29.8 Å². The van der Waals surface area contributed by atoms with Gasteiger partial charge in [-0.05, 0) is 61.6 Å². The Balaban J connectivity index is 1.30. The molecule has 2 aromatic carbocycles. The second-order valence-electron chi connectivity index (χ2n) is 8.25. The maximum Gasteiger partial charge on any atom is 0.227 e. The van der Waals surface area contributed by atoms with Gasteiger partial charge in [-0.2, -0.15) is 0 Å². The Morgan fingerprint density at radius 3 is 2.26 bits per heavy atom. The third-order valence-corrected chi connectivity index (χ3v) is 8.32. The molecule has 2 aliphatic heterocycles. The first kappa shape index (κ1) is 22.1. The molecule has 2 heterocycles. The first-order valence-electron chi connectivity index (χ1n) is 10.8. The van der Waals surface area contributed by atoms with Crippen LogP contribution in [-0.2, 0) is 20.6 Å². The molecule has 0 saturated carbocycles. The van der Waals surface area contributed by atoms with E-state index in [1.807, 2.05) is 24.3 Å². The Kier molecular flexibility index (Phi) is 6.84. The van der Waals surface area contributed by atoms with E-state index in [0.29, 0.717) is 36.5 Å². The second kappa shape index (κ2) is 9.59. The Labute approximate surface area is 189 Å². The smallest absolute Gasteiger partial charge is 0.227 e. The number of anilines is 2. The van der Waals surface area contributed by atoms with Crippen LogP contribution in [0.15, 0.2) is 48.5 Å². The van der Waals surface area contributed by atoms with Gasteiger partial charge < -0.3 is 10.2 Å². The predicted octanol–water partition coefficient (Wildman–Crippen LogP) is 4.12. The Bertz CT molecular complexity index is 1010. The molecular formula is C23H28ClN3O3S. The molecule has 0 radical (unpaired) electrons. The molecule has 0 bridgehead atoms. The highest BCUT2D eigenvalue weighted by molar-refractivity contribution is 7.88. The largest absolute Gasteiger partial charge is 0.372 e. The number of carbonyl (C=O) groups is 1. The number of hydrogen-bond acceptors (Lipinski definition) is 4. The van der Waals surface area contributed by atoms with Crippen LogP contribution >= 0.6 is 11.6 Å². The molecule has 0 aliphatic carbocycles. The van der Waals surface area contributed by atoms with E-state index in [1.165, 1.54) is 22.8 Å². The summed E-state index contributed by atoms with van der Waals surface area (Å²) in [6.07, 6.45) is 3.48. The molecule has 1 amide bonds. The molecule has 0 unspecified atom stereocenters. The number of benzene rings is 2. The van der Waals surface area contributed by atoms with E-state index < -0.39 is 10.0 Å². The van der Waals surface area contributed by atoms with Crippen LogP contribution in [0.5, 0.6) is 0 Å². The number of halogens is 1. The minimum Gasteiger partial charge on any atom is -0.372 e. The van der Waals surface area contributed by atoms with Crippen LogP contribution in [0.3, 0.4) is 0 Å². The van der Waals surface area contributed by atoms with Crippen molar-refractivity contribution in [2.45, 2.75) is 31.4 Å². The minimum atomic E-state index is -3.47. The van der Waals surface area contributed by atoms with Crippen LogP contribution in [-0.4, -0.2) is 44.8 Å². The van der Waals surface area contributed by atoms with Crippen LogP contribution < -0.4 is 10.2 Å². The highest BCUT2D eigenvalue weighted by atomic mass is 35.5. The van der Waals surface area contributed by atoms with Crippen molar-refractivity contribution in [3.05, 3.63) is 59.1 Å². The Morgan fingerprint density at radius 1 is 0.968 bits per heavy atom. The fourth-order valence-corrected chi connectivity index (χ4v) is 6.15. The number of sulfonamides is 1. The van der Waals surface area contributed by atoms with E-state index in [1.54, 1.807) is 24.3 Å². The van der Waals surface area contributed by atoms with E-state index >= 15 is 0 Å². The second-order valence-corrected chi connectivity index (χ2v) is 10.6. The summed E-state index contributed by atoms with van der Waals surface area (Å²) < 4.78 is 27.0. The Morgan fingerprint density at radius 2 is 1.61 bits per heavy atom. The van der Waals surface area contributed by atoms with E-state index in [-0.39, 0.29) is 17.6 Å². The summed E-state index contributed by atoms with van der Waals surface area (Å²) in [4.78, 5) is 15.0. The van der Waals surface area contributed by atoms with E-state index in [0.717, 1.165) is 18.8 Å². The number of hydrogen-bond donors (Lipinski definition) is 1. The topological polar surface area (TPSA) is 69.7 Å². The minimum absolute atomic E-state index is 0.0444. The SMILES string of the molecule is O=C(Nc1ccc(N2CCCC2)cc1)C1CCN(S(=O)(=O)Cc2ccccc2Cl)CC1. The monoisotopic (exact) mass is 461 g/mol. The fourth-order valence-electron chi connectivity index (χ4n) is 4.27. The highest BCUT2D eigenvalue weighted by Crippen LogP contribution is 2.26. The van der Waals surface area contributed by atoms with Crippen LogP contribution in [0, 0.1) is 5.92 Å². The lowest BCUT2D eigenvalue weighted by atomic mass is 9.97. The normalized spacial score (nSPS) is 18.3. The lowest BCUT2D eigenvalue weighted by Crippen LogP contribution is -2.41. The van der Waals surface area contributed by atoms with E-state index in [9.17, 15) is 13.2 Å². The highest BCUT2D eigenvalue weighted by Gasteiger charge is 2.31. The molecule has 2 aromatic rings. The van der Waals surface area contributed by atoms with Gasteiger partial charge in [0.25, 0.3) is 0 Å². The van der Waals surface area contributed by atoms with Gasteiger partial charge in [0.2, 0.25) is 15.9 Å². The molecule has 1 N–H and O–H groups in total. The van der Waals surface area contributed by atoms with Crippen LogP contribution in [0.1, 0.15) is 31.2 Å². The number of carbonyl (C=O) groups excluding carboxylic acids is 1. The first-order valence-corrected chi connectivity index (χ1v) is 12.8. The van der Waals surface area contributed by atoms with Crippen molar-refractivity contribution >= 4 is 38.9 Å². The van der Waals surface area contributed by atoms with E-state index in [4.69, 9.17) is 11.6 Å². The molecule has 8 heteroatoms. The number of nitrogens with zero attached hydrogens (tertiary/aromatic N) is 2. The van der Waals surface area contributed by atoms with Crippen molar-refractivity contribution in [2.24, 2.45) is 5.92 Å². The van der Waals surface area contributed by atoms with Crippen molar-refractivity contribution in [3.8, 4) is 0 Å². The van der Waals surface area contributed by atoms with Gasteiger partial charge in [-0.25, -0.2) is 12.7 Å². The first-order chi connectivity index (χ1) is 14.9. The molecule has 0 spiro atoms. The van der Waals surface area contributed by atoms with Gasteiger partial charge in [0, 0.05) is 48.5 Å². The average molecular weight is 462 g/mol. The summed E-state index contributed by atoms with van der Waals surface area (Å²) in [6, 6.07) is 15.0. The van der Waals surface area contributed by atoms with Crippen LogP contribution in [0.25, 0.3) is 0 Å². The molecule has 6 nitrogen and oxygen atoms in total. The summed E-state index contributed by atoms with van der Waals surface area (Å²) in [7, 11) is -3.47. The summed E-state index contributed by atoms with van der Waals surface area (Å²) in [5, 5.41) is 3.44.